The maximum Gasteiger partial charge on any atom is 0.338 e. The maximum atomic E-state index is 12.7. The first-order chi connectivity index (χ1) is 14.1. The van der Waals surface area contributed by atoms with Crippen LogP contribution in [0.2, 0.25) is 0 Å². The lowest BCUT2D eigenvalue weighted by molar-refractivity contribution is -0.126. The zero-order valence-corrected chi connectivity index (χ0v) is 16.9. The Balaban J connectivity index is 1.55. The van der Waals surface area contributed by atoms with E-state index < -0.39 is 12.1 Å². The zero-order valence-electron chi connectivity index (χ0n) is 16.9. The second-order valence-electron chi connectivity index (χ2n) is 6.94. The molecule has 29 heavy (non-hydrogen) atoms. The molecule has 6 heteroatoms. The van der Waals surface area contributed by atoms with Crippen LogP contribution in [-0.4, -0.2) is 43.8 Å². The largest absolute Gasteiger partial charge is 0.491 e. The highest BCUT2D eigenvalue weighted by Gasteiger charge is 2.24. The maximum absolute atomic E-state index is 12.7. The van der Waals surface area contributed by atoms with Crippen LogP contribution >= 0.6 is 0 Å². The van der Waals surface area contributed by atoms with Gasteiger partial charge in [-0.05, 0) is 63.1 Å². The first-order valence-corrected chi connectivity index (χ1v) is 10.0. The van der Waals surface area contributed by atoms with E-state index in [1.807, 2.05) is 37.3 Å². The van der Waals surface area contributed by atoms with Gasteiger partial charge in [-0.1, -0.05) is 18.2 Å². The zero-order chi connectivity index (χ0) is 20.6. The van der Waals surface area contributed by atoms with Gasteiger partial charge in [-0.25, -0.2) is 4.79 Å². The number of anilines is 1. The molecule has 0 unspecified atom stereocenters. The van der Waals surface area contributed by atoms with Crippen LogP contribution in [0.1, 0.15) is 37.0 Å². The molecule has 1 heterocycles. The highest BCUT2D eigenvalue weighted by molar-refractivity contribution is 5.99. The van der Waals surface area contributed by atoms with E-state index >= 15 is 0 Å². The van der Waals surface area contributed by atoms with Crippen LogP contribution in [0, 0.1) is 0 Å². The van der Waals surface area contributed by atoms with Crippen LogP contribution in [0.4, 0.5) is 5.69 Å². The lowest BCUT2D eigenvalue weighted by atomic mass is 10.2. The number of hydrogen-bond acceptors (Lipinski definition) is 5. The molecule has 1 fully saturated rings. The molecule has 154 valence electrons. The van der Waals surface area contributed by atoms with Crippen molar-refractivity contribution in [2.75, 3.05) is 24.7 Å². The van der Waals surface area contributed by atoms with Gasteiger partial charge in [-0.2, -0.15) is 0 Å². The highest BCUT2D eigenvalue weighted by atomic mass is 16.5. The van der Waals surface area contributed by atoms with E-state index in [2.05, 4.69) is 0 Å². The molecule has 1 aliphatic rings. The fourth-order valence-electron chi connectivity index (χ4n) is 3.22. The van der Waals surface area contributed by atoms with Crippen molar-refractivity contribution in [2.45, 2.75) is 38.9 Å². The summed E-state index contributed by atoms with van der Waals surface area (Å²) in [6, 6.07) is 16.0. The molecule has 0 radical (unpaired) electrons. The van der Waals surface area contributed by atoms with E-state index in [0.29, 0.717) is 24.5 Å². The normalized spacial score (nSPS) is 16.8. The van der Waals surface area contributed by atoms with E-state index in [1.54, 1.807) is 36.1 Å². The number of carbonyl (C=O) groups excluding carboxylic acids is 2. The number of amides is 1. The smallest absolute Gasteiger partial charge is 0.338 e. The minimum Gasteiger partial charge on any atom is -0.491 e. The average molecular weight is 397 g/mol. The summed E-state index contributed by atoms with van der Waals surface area (Å²) in [6.07, 6.45) is 1.32. The molecule has 0 bridgehead atoms. The number of carbonyl (C=O) groups is 2. The topological polar surface area (TPSA) is 65.1 Å². The molecule has 1 saturated heterocycles. The molecular formula is C23H27NO5. The van der Waals surface area contributed by atoms with E-state index in [0.717, 1.165) is 25.1 Å². The van der Waals surface area contributed by atoms with Crippen molar-refractivity contribution in [2.24, 2.45) is 0 Å². The number of likely N-dealkylation sites (N-methyl/N-ethyl adjacent to an activating group) is 1. The summed E-state index contributed by atoms with van der Waals surface area (Å²) in [6.45, 7) is 5.25. The average Bonchev–Trinajstić information content (AvgIpc) is 3.27. The minimum absolute atomic E-state index is 0.137. The van der Waals surface area contributed by atoms with E-state index in [-0.39, 0.29) is 12.0 Å². The van der Waals surface area contributed by atoms with Crippen molar-refractivity contribution >= 4 is 17.6 Å². The summed E-state index contributed by atoms with van der Waals surface area (Å²) >= 11 is 0. The van der Waals surface area contributed by atoms with Crippen LogP contribution in [0.3, 0.4) is 0 Å². The van der Waals surface area contributed by atoms with Gasteiger partial charge in [0.05, 0.1) is 11.7 Å². The van der Waals surface area contributed by atoms with Gasteiger partial charge in [0.2, 0.25) is 0 Å². The molecule has 2 aromatic rings. The predicted octanol–water partition coefficient (Wildman–Crippen LogP) is 3.84. The van der Waals surface area contributed by atoms with Crippen LogP contribution in [0.25, 0.3) is 0 Å². The van der Waals surface area contributed by atoms with Gasteiger partial charge in [0.25, 0.3) is 5.91 Å². The first-order valence-electron chi connectivity index (χ1n) is 10.0. The number of esters is 1. The monoisotopic (exact) mass is 397 g/mol. The van der Waals surface area contributed by atoms with Gasteiger partial charge in [0.1, 0.15) is 12.4 Å². The first kappa shape index (κ1) is 20.9. The summed E-state index contributed by atoms with van der Waals surface area (Å²) in [7, 11) is 0. The standard InChI is InChI=1S/C23H27NO5/c1-3-24(19-8-5-4-6-9-19)22(25)17(2)29-23(26)18-11-13-20(14-12-18)28-16-21-10-7-15-27-21/h4-6,8-9,11-14,17,21H,3,7,10,15-16H2,1-2H3/t17-,21+/m1/s1. The lowest BCUT2D eigenvalue weighted by Crippen LogP contribution is -2.40. The summed E-state index contributed by atoms with van der Waals surface area (Å²) in [5, 5.41) is 0. The van der Waals surface area contributed by atoms with Gasteiger partial charge in [0.15, 0.2) is 6.10 Å². The van der Waals surface area contributed by atoms with Gasteiger partial charge in [-0.3, -0.25) is 4.79 Å². The van der Waals surface area contributed by atoms with Crippen LogP contribution in [0.5, 0.6) is 5.75 Å². The van der Waals surface area contributed by atoms with Crippen molar-refractivity contribution in [1.29, 1.82) is 0 Å². The van der Waals surface area contributed by atoms with E-state index in [9.17, 15) is 9.59 Å². The van der Waals surface area contributed by atoms with Crippen LogP contribution in [0.15, 0.2) is 54.6 Å². The van der Waals surface area contributed by atoms with Crippen LogP contribution < -0.4 is 9.64 Å². The molecule has 6 nitrogen and oxygen atoms in total. The summed E-state index contributed by atoms with van der Waals surface area (Å²) in [5.74, 6) is -0.133. The molecule has 3 rings (SSSR count). The van der Waals surface area contributed by atoms with Crippen molar-refractivity contribution in [3.05, 3.63) is 60.2 Å². The number of para-hydroxylation sites is 1. The van der Waals surface area contributed by atoms with E-state index in [4.69, 9.17) is 14.2 Å². The molecule has 0 N–H and O–H groups in total. The van der Waals surface area contributed by atoms with Crippen LogP contribution in [-0.2, 0) is 14.3 Å². The third-order valence-electron chi connectivity index (χ3n) is 4.83. The van der Waals surface area contributed by atoms with Crippen molar-refractivity contribution in [1.82, 2.24) is 0 Å². The Labute approximate surface area is 171 Å². The van der Waals surface area contributed by atoms with Crippen molar-refractivity contribution in [3.63, 3.8) is 0 Å². The Morgan fingerprint density at radius 1 is 1.14 bits per heavy atom. The van der Waals surface area contributed by atoms with Crippen molar-refractivity contribution < 1.29 is 23.8 Å². The highest BCUT2D eigenvalue weighted by Crippen LogP contribution is 2.18. The lowest BCUT2D eigenvalue weighted by Gasteiger charge is -2.24. The molecule has 0 aromatic heterocycles. The number of nitrogens with zero attached hydrogens (tertiary/aromatic N) is 1. The Hall–Kier alpha value is -2.86. The SMILES string of the molecule is CCN(C(=O)[C@@H](C)OC(=O)c1ccc(OC[C@@H]2CCCO2)cc1)c1ccccc1. The fourth-order valence-corrected chi connectivity index (χ4v) is 3.22. The molecule has 0 spiro atoms. The number of ether oxygens (including phenoxy) is 3. The Morgan fingerprint density at radius 3 is 2.48 bits per heavy atom. The molecule has 1 amide bonds. The third kappa shape index (κ3) is 5.57. The number of benzene rings is 2. The van der Waals surface area contributed by atoms with Gasteiger partial charge in [-0.15, -0.1) is 0 Å². The third-order valence-corrected chi connectivity index (χ3v) is 4.83. The Kier molecular flexibility index (Phi) is 7.25. The van der Waals surface area contributed by atoms with Gasteiger partial charge in [0, 0.05) is 18.8 Å². The molecule has 2 aromatic carbocycles. The predicted molar refractivity (Wildman–Crippen MR) is 110 cm³/mol. The number of hydrogen-bond donors (Lipinski definition) is 0. The van der Waals surface area contributed by atoms with E-state index in [1.165, 1.54) is 0 Å². The fraction of sp³-hybridized carbons (Fsp3) is 0.391. The molecule has 2 atom stereocenters. The number of rotatable bonds is 8. The Morgan fingerprint density at radius 2 is 1.86 bits per heavy atom. The van der Waals surface area contributed by atoms with Crippen molar-refractivity contribution in [3.8, 4) is 5.75 Å². The quantitative estimate of drug-likeness (QED) is 0.633. The summed E-state index contributed by atoms with van der Waals surface area (Å²) in [4.78, 5) is 26.8. The minimum atomic E-state index is -0.891. The molecule has 0 saturated carbocycles. The summed E-state index contributed by atoms with van der Waals surface area (Å²) < 4.78 is 16.6. The van der Waals surface area contributed by atoms with Gasteiger partial charge < -0.3 is 19.1 Å². The van der Waals surface area contributed by atoms with Gasteiger partial charge >= 0.3 is 5.97 Å². The summed E-state index contributed by atoms with van der Waals surface area (Å²) in [5.41, 5.74) is 1.15. The second-order valence-corrected chi connectivity index (χ2v) is 6.94. The Bertz CT molecular complexity index is 800. The second kappa shape index (κ2) is 10.1. The molecule has 1 aliphatic heterocycles. The molecular weight excluding hydrogens is 370 g/mol. The molecule has 0 aliphatic carbocycles.